The Morgan fingerprint density at radius 3 is 2.94 bits per heavy atom. The molecule has 0 saturated carbocycles. The van der Waals surface area contributed by atoms with E-state index in [0.717, 1.165) is 35.4 Å². The molecular weight excluding hydrogens is 246 g/mol. The SMILES string of the molecule is Clc1ccc(-c2nnc3n2CCSC3)nn1. The third-order valence-corrected chi connectivity index (χ3v) is 3.51. The van der Waals surface area contributed by atoms with Gasteiger partial charge in [0.15, 0.2) is 11.0 Å². The third-order valence-electron chi connectivity index (χ3n) is 2.38. The molecular formula is C9H8ClN5S. The van der Waals surface area contributed by atoms with Crippen LogP contribution in [-0.4, -0.2) is 30.7 Å². The summed E-state index contributed by atoms with van der Waals surface area (Å²) >= 11 is 7.56. The minimum Gasteiger partial charge on any atom is -0.308 e. The summed E-state index contributed by atoms with van der Waals surface area (Å²) in [5, 5.41) is 16.5. The van der Waals surface area contributed by atoms with E-state index in [4.69, 9.17) is 11.6 Å². The zero-order valence-electron chi connectivity index (χ0n) is 8.30. The highest BCUT2D eigenvalue weighted by molar-refractivity contribution is 7.98. The molecule has 1 aliphatic rings. The highest BCUT2D eigenvalue weighted by Crippen LogP contribution is 2.23. The maximum absolute atomic E-state index is 5.70. The number of nitrogens with zero attached hydrogens (tertiary/aromatic N) is 5. The lowest BCUT2D eigenvalue weighted by molar-refractivity contribution is 0.721. The van der Waals surface area contributed by atoms with Gasteiger partial charge in [-0.25, -0.2) is 0 Å². The Morgan fingerprint density at radius 1 is 1.19 bits per heavy atom. The minimum absolute atomic E-state index is 0.387. The average molecular weight is 254 g/mol. The van der Waals surface area contributed by atoms with Crippen LogP contribution in [0.15, 0.2) is 12.1 Å². The van der Waals surface area contributed by atoms with Crippen LogP contribution in [0.3, 0.4) is 0 Å². The number of rotatable bonds is 1. The lowest BCUT2D eigenvalue weighted by atomic mass is 10.3. The molecule has 0 aromatic carbocycles. The number of fused-ring (bicyclic) bond motifs is 1. The second kappa shape index (κ2) is 4.03. The molecule has 0 aliphatic carbocycles. The summed E-state index contributed by atoms with van der Waals surface area (Å²) < 4.78 is 2.09. The fourth-order valence-corrected chi connectivity index (χ4v) is 2.57. The average Bonchev–Trinajstić information content (AvgIpc) is 2.74. The fraction of sp³-hybridized carbons (Fsp3) is 0.333. The van der Waals surface area contributed by atoms with E-state index in [1.165, 1.54) is 0 Å². The van der Waals surface area contributed by atoms with Gasteiger partial charge >= 0.3 is 0 Å². The summed E-state index contributed by atoms with van der Waals surface area (Å²) in [4.78, 5) is 0. The molecule has 3 heterocycles. The molecule has 0 unspecified atom stereocenters. The molecule has 0 N–H and O–H groups in total. The Labute approximate surface area is 101 Å². The molecule has 0 atom stereocenters. The zero-order valence-corrected chi connectivity index (χ0v) is 9.87. The first-order chi connectivity index (χ1) is 7.84. The molecule has 0 radical (unpaired) electrons. The van der Waals surface area contributed by atoms with Crippen molar-refractivity contribution >= 4 is 23.4 Å². The van der Waals surface area contributed by atoms with Crippen molar-refractivity contribution in [3.8, 4) is 11.5 Å². The van der Waals surface area contributed by atoms with Crippen molar-refractivity contribution in [3.63, 3.8) is 0 Å². The van der Waals surface area contributed by atoms with Crippen LogP contribution in [0.1, 0.15) is 5.82 Å². The van der Waals surface area contributed by atoms with Gasteiger partial charge in [0.2, 0.25) is 0 Å². The van der Waals surface area contributed by atoms with Gasteiger partial charge in [0.05, 0.1) is 5.75 Å². The minimum atomic E-state index is 0.387. The van der Waals surface area contributed by atoms with Gasteiger partial charge in [0.25, 0.3) is 0 Å². The highest BCUT2D eigenvalue weighted by atomic mass is 35.5. The van der Waals surface area contributed by atoms with Gasteiger partial charge in [-0.15, -0.1) is 20.4 Å². The van der Waals surface area contributed by atoms with E-state index in [2.05, 4.69) is 25.0 Å². The first-order valence-corrected chi connectivity index (χ1v) is 6.37. The molecule has 0 fully saturated rings. The highest BCUT2D eigenvalue weighted by Gasteiger charge is 2.18. The van der Waals surface area contributed by atoms with Crippen LogP contribution in [0.25, 0.3) is 11.5 Å². The van der Waals surface area contributed by atoms with Crippen molar-refractivity contribution in [1.82, 2.24) is 25.0 Å². The molecule has 5 nitrogen and oxygen atoms in total. The maximum atomic E-state index is 5.70. The predicted molar refractivity (Wildman–Crippen MR) is 62.2 cm³/mol. The Balaban J connectivity index is 2.06. The molecule has 1 aliphatic heterocycles. The van der Waals surface area contributed by atoms with Crippen LogP contribution in [0, 0.1) is 0 Å². The molecule has 2 aromatic rings. The number of hydrogen-bond donors (Lipinski definition) is 0. The summed E-state index contributed by atoms with van der Waals surface area (Å²) in [7, 11) is 0. The second-order valence-corrected chi connectivity index (χ2v) is 4.88. The Hall–Kier alpha value is -1.14. The Morgan fingerprint density at radius 2 is 2.12 bits per heavy atom. The molecule has 3 rings (SSSR count). The topological polar surface area (TPSA) is 56.5 Å². The second-order valence-electron chi connectivity index (χ2n) is 3.39. The van der Waals surface area contributed by atoms with Gasteiger partial charge in [-0.1, -0.05) is 11.6 Å². The molecule has 0 saturated heterocycles. The van der Waals surface area contributed by atoms with E-state index in [1.54, 1.807) is 6.07 Å². The molecule has 82 valence electrons. The maximum Gasteiger partial charge on any atom is 0.184 e. The number of hydrogen-bond acceptors (Lipinski definition) is 5. The standard InChI is InChI=1S/C9H8ClN5S/c10-7-2-1-6(11-12-7)9-14-13-8-5-16-4-3-15(8)9/h1-2H,3-5H2. The molecule has 2 aromatic heterocycles. The predicted octanol–water partition coefficient (Wildman–Crippen LogP) is 1.64. The van der Waals surface area contributed by atoms with Gasteiger partial charge in [-0.2, -0.15) is 11.8 Å². The fourth-order valence-electron chi connectivity index (χ4n) is 1.62. The number of thioether (sulfide) groups is 1. The summed E-state index contributed by atoms with van der Waals surface area (Å²) in [6.07, 6.45) is 0. The summed E-state index contributed by atoms with van der Waals surface area (Å²) in [5.74, 6) is 3.77. The van der Waals surface area contributed by atoms with Gasteiger partial charge < -0.3 is 4.57 Å². The van der Waals surface area contributed by atoms with Crippen LogP contribution in [0.4, 0.5) is 0 Å². The van der Waals surface area contributed by atoms with E-state index >= 15 is 0 Å². The molecule has 0 bridgehead atoms. The third kappa shape index (κ3) is 1.68. The van der Waals surface area contributed by atoms with Crippen molar-refractivity contribution in [1.29, 1.82) is 0 Å². The van der Waals surface area contributed by atoms with E-state index < -0.39 is 0 Å². The van der Waals surface area contributed by atoms with Crippen molar-refractivity contribution in [3.05, 3.63) is 23.1 Å². The first kappa shape index (κ1) is 10.0. The number of halogens is 1. The smallest absolute Gasteiger partial charge is 0.184 e. The van der Waals surface area contributed by atoms with Gasteiger partial charge in [-0.3, -0.25) is 0 Å². The molecule has 7 heteroatoms. The number of aromatic nitrogens is 5. The quantitative estimate of drug-likeness (QED) is 0.773. The van der Waals surface area contributed by atoms with Crippen LogP contribution >= 0.6 is 23.4 Å². The summed E-state index contributed by atoms with van der Waals surface area (Å²) in [6, 6.07) is 3.53. The van der Waals surface area contributed by atoms with Crippen LogP contribution in [0.2, 0.25) is 5.15 Å². The van der Waals surface area contributed by atoms with Crippen LogP contribution in [-0.2, 0) is 12.3 Å². The lowest BCUT2D eigenvalue weighted by Gasteiger charge is -2.13. The Kier molecular flexibility index (Phi) is 2.53. The molecule has 16 heavy (non-hydrogen) atoms. The molecule has 0 spiro atoms. The summed E-state index contributed by atoms with van der Waals surface area (Å²) in [5.41, 5.74) is 0.718. The summed E-state index contributed by atoms with van der Waals surface area (Å²) in [6.45, 7) is 0.923. The van der Waals surface area contributed by atoms with E-state index in [0.29, 0.717) is 5.15 Å². The van der Waals surface area contributed by atoms with Crippen LogP contribution in [0.5, 0.6) is 0 Å². The zero-order chi connectivity index (χ0) is 11.0. The van der Waals surface area contributed by atoms with Gasteiger partial charge in [0.1, 0.15) is 11.5 Å². The van der Waals surface area contributed by atoms with Crippen LogP contribution < -0.4 is 0 Å². The van der Waals surface area contributed by atoms with E-state index in [-0.39, 0.29) is 0 Å². The van der Waals surface area contributed by atoms with Crippen molar-refractivity contribution in [2.75, 3.05) is 5.75 Å². The van der Waals surface area contributed by atoms with E-state index in [1.807, 2.05) is 17.8 Å². The monoisotopic (exact) mass is 253 g/mol. The lowest BCUT2D eigenvalue weighted by Crippen LogP contribution is -2.12. The van der Waals surface area contributed by atoms with Gasteiger partial charge in [-0.05, 0) is 12.1 Å². The van der Waals surface area contributed by atoms with Crippen molar-refractivity contribution in [2.45, 2.75) is 12.3 Å². The van der Waals surface area contributed by atoms with Crippen molar-refractivity contribution in [2.24, 2.45) is 0 Å². The normalized spacial score (nSPS) is 14.8. The largest absolute Gasteiger partial charge is 0.308 e. The van der Waals surface area contributed by atoms with E-state index in [9.17, 15) is 0 Å². The van der Waals surface area contributed by atoms with Gasteiger partial charge in [0, 0.05) is 12.3 Å². The Bertz CT molecular complexity index is 509. The van der Waals surface area contributed by atoms with Crippen molar-refractivity contribution < 1.29 is 0 Å². The molecule has 0 amide bonds. The first-order valence-electron chi connectivity index (χ1n) is 4.84.